The standard InChI is InChI=1S/C15H20ClNO3S/c1-10(2)9-17(7-6-14(18)19)15(20)12-8-11(21-3)4-5-13(12)16/h4-5,8,10H,6-7,9H2,1-3H3,(H,18,19). The van der Waals surface area contributed by atoms with Crippen molar-refractivity contribution in [1.82, 2.24) is 4.90 Å². The molecule has 1 N–H and O–H groups in total. The van der Waals surface area contributed by atoms with Gasteiger partial charge < -0.3 is 10.0 Å². The lowest BCUT2D eigenvalue weighted by Gasteiger charge is -2.24. The molecule has 0 aliphatic rings. The van der Waals surface area contributed by atoms with Crippen LogP contribution in [0.2, 0.25) is 5.02 Å². The van der Waals surface area contributed by atoms with Gasteiger partial charge in [-0.1, -0.05) is 25.4 Å². The number of benzene rings is 1. The monoisotopic (exact) mass is 329 g/mol. The molecule has 116 valence electrons. The highest BCUT2D eigenvalue weighted by molar-refractivity contribution is 7.98. The number of hydrogen-bond donors (Lipinski definition) is 1. The molecule has 0 aliphatic carbocycles. The molecule has 21 heavy (non-hydrogen) atoms. The van der Waals surface area contributed by atoms with E-state index in [1.807, 2.05) is 26.2 Å². The second-order valence-corrected chi connectivity index (χ2v) is 6.42. The molecule has 0 atom stereocenters. The fourth-order valence-electron chi connectivity index (χ4n) is 1.91. The summed E-state index contributed by atoms with van der Waals surface area (Å²) in [5, 5.41) is 9.21. The molecule has 6 heteroatoms. The van der Waals surface area contributed by atoms with Crippen LogP contribution in [-0.4, -0.2) is 41.2 Å². The average Bonchev–Trinajstić information content (AvgIpc) is 2.42. The van der Waals surface area contributed by atoms with Gasteiger partial charge in [0.15, 0.2) is 0 Å². The molecule has 0 spiro atoms. The lowest BCUT2D eigenvalue weighted by atomic mass is 10.1. The summed E-state index contributed by atoms with van der Waals surface area (Å²) >= 11 is 7.65. The first-order valence-corrected chi connectivity index (χ1v) is 8.30. The van der Waals surface area contributed by atoms with Gasteiger partial charge in [-0.3, -0.25) is 9.59 Å². The average molecular weight is 330 g/mol. The summed E-state index contributed by atoms with van der Waals surface area (Å²) in [5.41, 5.74) is 0.426. The number of carboxylic acid groups (broad SMARTS) is 1. The quantitative estimate of drug-likeness (QED) is 0.776. The van der Waals surface area contributed by atoms with Gasteiger partial charge in [0, 0.05) is 18.0 Å². The molecule has 0 aliphatic heterocycles. The number of rotatable bonds is 7. The topological polar surface area (TPSA) is 57.6 Å². The van der Waals surface area contributed by atoms with Gasteiger partial charge in [0.2, 0.25) is 0 Å². The van der Waals surface area contributed by atoms with Crippen molar-refractivity contribution in [1.29, 1.82) is 0 Å². The van der Waals surface area contributed by atoms with E-state index < -0.39 is 5.97 Å². The Bertz CT molecular complexity index is 520. The molecule has 0 radical (unpaired) electrons. The summed E-state index contributed by atoms with van der Waals surface area (Å²) in [5.74, 6) is -0.878. The van der Waals surface area contributed by atoms with Crippen LogP contribution >= 0.6 is 23.4 Å². The minimum atomic E-state index is -0.916. The highest BCUT2D eigenvalue weighted by atomic mass is 35.5. The number of aliphatic carboxylic acids is 1. The van der Waals surface area contributed by atoms with E-state index in [4.69, 9.17) is 16.7 Å². The van der Waals surface area contributed by atoms with E-state index in [-0.39, 0.29) is 24.8 Å². The Morgan fingerprint density at radius 2 is 2.05 bits per heavy atom. The van der Waals surface area contributed by atoms with Crippen molar-refractivity contribution >= 4 is 35.2 Å². The van der Waals surface area contributed by atoms with Gasteiger partial charge in [0.05, 0.1) is 17.0 Å². The molecule has 0 saturated carbocycles. The molecule has 0 fully saturated rings. The Balaban J connectivity index is 3.00. The van der Waals surface area contributed by atoms with E-state index in [9.17, 15) is 9.59 Å². The van der Waals surface area contributed by atoms with E-state index in [0.717, 1.165) is 4.90 Å². The smallest absolute Gasteiger partial charge is 0.305 e. The predicted octanol–water partition coefficient (Wildman–Crippen LogP) is 3.63. The number of halogens is 1. The lowest BCUT2D eigenvalue weighted by molar-refractivity contribution is -0.137. The molecular weight excluding hydrogens is 310 g/mol. The predicted molar refractivity (Wildman–Crippen MR) is 86.2 cm³/mol. The second kappa shape index (κ2) is 8.29. The Morgan fingerprint density at radius 1 is 1.38 bits per heavy atom. The summed E-state index contributed by atoms with van der Waals surface area (Å²) < 4.78 is 0. The number of nitrogens with zero attached hydrogens (tertiary/aromatic N) is 1. The molecular formula is C15H20ClNO3S. The molecule has 0 unspecified atom stereocenters. The number of carbonyl (C=O) groups excluding carboxylic acids is 1. The van der Waals surface area contributed by atoms with Crippen molar-refractivity contribution in [2.75, 3.05) is 19.3 Å². The van der Waals surface area contributed by atoms with E-state index in [1.54, 1.807) is 17.0 Å². The summed E-state index contributed by atoms with van der Waals surface area (Å²) in [7, 11) is 0. The van der Waals surface area contributed by atoms with Crippen molar-refractivity contribution in [3.63, 3.8) is 0 Å². The highest BCUT2D eigenvalue weighted by Crippen LogP contribution is 2.24. The molecule has 1 aromatic carbocycles. The fourth-order valence-corrected chi connectivity index (χ4v) is 2.55. The summed E-state index contributed by atoms with van der Waals surface area (Å²) in [6.45, 7) is 4.67. The zero-order valence-electron chi connectivity index (χ0n) is 12.4. The normalized spacial score (nSPS) is 10.7. The molecule has 0 aromatic heterocycles. The van der Waals surface area contributed by atoms with Crippen LogP contribution < -0.4 is 0 Å². The largest absolute Gasteiger partial charge is 0.481 e. The van der Waals surface area contributed by atoms with E-state index in [2.05, 4.69) is 0 Å². The zero-order chi connectivity index (χ0) is 16.0. The number of thioether (sulfide) groups is 1. The Morgan fingerprint density at radius 3 is 2.57 bits per heavy atom. The first kappa shape index (κ1) is 17.9. The van der Waals surface area contributed by atoms with Crippen LogP contribution in [0.4, 0.5) is 0 Å². The summed E-state index contributed by atoms with van der Waals surface area (Å²) in [6.07, 6.45) is 1.85. The Kier molecular flexibility index (Phi) is 7.05. The van der Waals surface area contributed by atoms with Gasteiger partial charge in [-0.15, -0.1) is 11.8 Å². The van der Waals surface area contributed by atoms with Crippen LogP contribution in [0.25, 0.3) is 0 Å². The van der Waals surface area contributed by atoms with Crippen molar-refractivity contribution in [2.24, 2.45) is 5.92 Å². The van der Waals surface area contributed by atoms with Gasteiger partial charge in [0.25, 0.3) is 5.91 Å². The van der Waals surface area contributed by atoms with Crippen LogP contribution in [0.15, 0.2) is 23.1 Å². The van der Waals surface area contributed by atoms with Gasteiger partial charge in [-0.25, -0.2) is 0 Å². The third-order valence-electron chi connectivity index (χ3n) is 2.87. The van der Waals surface area contributed by atoms with Crippen LogP contribution in [0.5, 0.6) is 0 Å². The van der Waals surface area contributed by atoms with Crippen LogP contribution in [0.1, 0.15) is 30.6 Å². The van der Waals surface area contributed by atoms with E-state index >= 15 is 0 Å². The Hall–Kier alpha value is -1.20. The van der Waals surface area contributed by atoms with Crippen LogP contribution in [0.3, 0.4) is 0 Å². The van der Waals surface area contributed by atoms with Gasteiger partial charge >= 0.3 is 5.97 Å². The second-order valence-electron chi connectivity index (χ2n) is 5.13. The number of amides is 1. The maximum atomic E-state index is 12.6. The number of carboxylic acids is 1. The number of carbonyl (C=O) groups is 2. The SMILES string of the molecule is CSc1ccc(Cl)c(C(=O)N(CCC(=O)O)CC(C)C)c1. The van der Waals surface area contributed by atoms with Crippen LogP contribution in [0, 0.1) is 5.92 Å². The first-order valence-electron chi connectivity index (χ1n) is 6.69. The lowest BCUT2D eigenvalue weighted by Crippen LogP contribution is -2.36. The molecule has 0 bridgehead atoms. The van der Waals surface area contributed by atoms with E-state index in [0.29, 0.717) is 17.1 Å². The minimum Gasteiger partial charge on any atom is -0.481 e. The van der Waals surface area contributed by atoms with Gasteiger partial charge in [-0.05, 0) is 30.4 Å². The Labute approximate surface area is 134 Å². The van der Waals surface area contributed by atoms with Gasteiger partial charge in [0.1, 0.15) is 0 Å². The van der Waals surface area contributed by atoms with Crippen molar-refractivity contribution in [3.8, 4) is 0 Å². The van der Waals surface area contributed by atoms with E-state index in [1.165, 1.54) is 11.8 Å². The molecule has 0 heterocycles. The fraction of sp³-hybridized carbons (Fsp3) is 0.467. The van der Waals surface area contributed by atoms with Crippen LogP contribution in [-0.2, 0) is 4.79 Å². The van der Waals surface area contributed by atoms with Crippen molar-refractivity contribution in [2.45, 2.75) is 25.2 Å². The number of hydrogen-bond acceptors (Lipinski definition) is 3. The highest BCUT2D eigenvalue weighted by Gasteiger charge is 2.20. The van der Waals surface area contributed by atoms with Crippen molar-refractivity contribution in [3.05, 3.63) is 28.8 Å². The summed E-state index contributed by atoms with van der Waals surface area (Å²) in [4.78, 5) is 25.9. The minimum absolute atomic E-state index is 0.0711. The van der Waals surface area contributed by atoms with Gasteiger partial charge in [-0.2, -0.15) is 0 Å². The first-order chi connectivity index (χ1) is 9.85. The maximum Gasteiger partial charge on any atom is 0.305 e. The maximum absolute atomic E-state index is 12.6. The third-order valence-corrected chi connectivity index (χ3v) is 3.93. The molecule has 1 rings (SSSR count). The molecule has 1 amide bonds. The molecule has 4 nitrogen and oxygen atoms in total. The zero-order valence-corrected chi connectivity index (χ0v) is 14.0. The molecule has 1 aromatic rings. The molecule has 0 saturated heterocycles. The van der Waals surface area contributed by atoms with Crippen molar-refractivity contribution < 1.29 is 14.7 Å². The third kappa shape index (κ3) is 5.59. The summed E-state index contributed by atoms with van der Waals surface area (Å²) in [6, 6.07) is 5.31.